The third kappa shape index (κ3) is 4.09. The predicted molar refractivity (Wildman–Crippen MR) is 85.7 cm³/mol. The molecule has 1 amide bonds. The second-order valence-electron chi connectivity index (χ2n) is 4.87. The molecular formula is C17H18N2O3. The first kappa shape index (κ1) is 15.6. The highest BCUT2D eigenvalue weighted by atomic mass is 16.3. The molecule has 0 radical (unpaired) electrons. The minimum absolute atomic E-state index is 0.0480. The molecule has 0 aliphatic rings. The van der Waals surface area contributed by atoms with Gasteiger partial charge in [-0.1, -0.05) is 23.8 Å². The number of aryl methyl sites for hydroxylation is 1. The van der Waals surface area contributed by atoms with E-state index in [9.17, 15) is 15.0 Å². The largest absolute Gasteiger partial charge is 0.507 e. The minimum atomic E-state index is -0.341. The molecule has 3 N–H and O–H groups in total. The Labute approximate surface area is 129 Å². The lowest BCUT2D eigenvalue weighted by Crippen LogP contribution is -2.26. The maximum atomic E-state index is 11.8. The number of benzene rings is 2. The summed E-state index contributed by atoms with van der Waals surface area (Å²) in [4.78, 5) is 16.0. The van der Waals surface area contributed by atoms with Crippen LogP contribution >= 0.6 is 0 Å². The van der Waals surface area contributed by atoms with Crippen molar-refractivity contribution >= 4 is 12.1 Å². The van der Waals surface area contributed by atoms with Crippen molar-refractivity contribution in [3.63, 3.8) is 0 Å². The van der Waals surface area contributed by atoms with Crippen LogP contribution < -0.4 is 5.32 Å². The molecule has 0 saturated carbocycles. The minimum Gasteiger partial charge on any atom is -0.507 e. The molecule has 2 aromatic rings. The summed E-state index contributed by atoms with van der Waals surface area (Å²) in [7, 11) is 0. The van der Waals surface area contributed by atoms with E-state index in [1.54, 1.807) is 30.5 Å². The van der Waals surface area contributed by atoms with Crippen LogP contribution in [0.25, 0.3) is 0 Å². The van der Waals surface area contributed by atoms with Gasteiger partial charge < -0.3 is 15.5 Å². The number of aromatic hydroxyl groups is 2. The molecule has 0 aromatic heterocycles. The summed E-state index contributed by atoms with van der Waals surface area (Å²) in [6.07, 6.45) is 1.58. The first-order chi connectivity index (χ1) is 10.6. The fourth-order valence-corrected chi connectivity index (χ4v) is 1.94. The number of phenolic OH excluding ortho intramolecular Hbond substituents is 2. The van der Waals surface area contributed by atoms with E-state index in [1.807, 2.05) is 19.1 Å². The number of carbonyl (C=O) groups is 1. The van der Waals surface area contributed by atoms with Gasteiger partial charge in [0.05, 0.1) is 12.1 Å². The Hall–Kier alpha value is -2.82. The molecule has 0 saturated heterocycles. The van der Waals surface area contributed by atoms with E-state index < -0.39 is 0 Å². The molecule has 0 aliphatic carbocycles. The van der Waals surface area contributed by atoms with Gasteiger partial charge in [0.2, 0.25) is 0 Å². The smallest absolute Gasteiger partial charge is 0.255 e. The lowest BCUT2D eigenvalue weighted by Gasteiger charge is -2.05. The van der Waals surface area contributed by atoms with E-state index >= 15 is 0 Å². The molecule has 0 fully saturated rings. The topological polar surface area (TPSA) is 81.9 Å². The van der Waals surface area contributed by atoms with Gasteiger partial charge in [0.1, 0.15) is 11.5 Å². The number of nitrogens with zero attached hydrogens (tertiary/aromatic N) is 1. The Morgan fingerprint density at radius 3 is 2.73 bits per heavy atom. The molecule has 22 heavy (non-hydrogen) atoms. The van der Waals surface area contributed by atoms with Gasteiger partial charge in [-0.05, 0) is 31.2 Å². The zero-order chi connectivity index (χ0) is 15.9. The monoisotopic (exact) mass is 298 g/mol. The third-order valence-corrected chi connectivity index (χ3v) is 3.09. The molecule has 5 heteroatoms. The second-order valence-corrected chi connectivity index (χ2v) is 4.87. The summed E-state index contributed by atoms with van der Waals surface area (Å²) in [6.45, 7) is 2.66. The van der Waals surface area contributed by atoms with Gasteiger partial charge in [-0.15, -0.1) is 0 Å². The quantitative estimate of drug-likeness (QED) is 0.585. The summed E-state index contributed by atoms with van der Waals surface area (Å²) in [5.41, 5.74) is 1.92. The number of carbonyl (C=O) groups excluding carboxylic acids is 1. The van der Waals surface area contributed by atoms with Crippen LogP contribution in [0.15, 0.2) is 47.5 Å². The van der Waals surface area contributed by atoms with Gasteiger partial charge in [-0.25, -0.2) is 0 Å². The number of rotatable bonds is 5. The molecular weight excluding hydrogens is 280 g/mol. The third-order valence-electron chi connectivity index (χ3n) is 3.09. The summed E-state index contributed by atoms with van der Waals surface area (Å²) in [5, 5.41) is 21.9. The SMILES string of the molecule is Cc1ccc(O)c(C=NCCNC(=O)c2ccccc2O)c1. The van der Waals surface area contributed by atoms with Crippen LogP contribution in [0.5, 0.6) is 11.5 Å². The van der Waals surface area contributed by atoms with Gasteiger partial charge in [-0.2, -0.15) is 0 Å². The average molecular weight is 298 g/mol. The molecule has 2 aromatic carbocycles. The van der Waals surface area contributed by atoms with Gasteiger partial charge >= 0.3 is 0 Å². The zero-order valence-electron chi connectivity index (χ0n) is 12.3. The molecule has 0 spiro atoms. The predicted octanol–water partition coefficient (Wildman–Crippen LogP) is 2.26. The van der Waals surface area contributed by atoms with Crippen molar-refractivity contribution in [3.8, 4) is 11.5 Å². The van der Waals surface area contributed by atoms with Gasteiger partial charge in [0.15, 0.2) is 0 Å². The number of para-hydroxylation sites is 1. The highest BCUT2D eigenvalue weighted by molar-refractivity contribution is 5.96. The zero-order valence-corrected chi connectivity index (χ0v) is 12.3. The van der Waals surface area contributed by atoms with Crippen molar-refractivity contribution in [1.82, 2.24) is 5.32 Å². The fraction of sp³-hybridized carbons (Fsp3) is 0.176. The van der Waals surface area contributed by atoms with E-state index in [-0.39, 0.29) is 23.0 Å². The number of aliphatic imine (C=N–C) groups is 1. The number of hydrogen-bond donors (Lipinski definition) is 3. The Morgan fingerprint density at radius 1 is 1.18 bits per heavy atom. The molecule has 0 unspecified atom stereocenters. The molecule has 2 rings (SSSR count). The second kappa shape index (κ2) is 7.26. The van der Waals surface area contributed by atoms with Crippen LogP contribution in [0, 0.1) is 6.92 Å². The molecule has 0 aliphatic heterocycles. The first-order valence-electron chi connectivity index (χ1n) is 6.93. The summed E-state index contributed by atoms with van der Waals surface area (Å²) >= 11 is 0. The Bertz CT molecular complexity index is 696. The maximum Gasteiger partial charge on any atom is 0.255 e. The van der Waals surface area contributed by atoms with Crippen molar-refractivity contribution in [2.24, 2.45) is 4.99 Å². The van der Waals surface area contributed by atoms with Crippen molar-refractivity contribution in [1.29, 1.82) is 0 Å². The van der Waals surface area contributed by atoms with Crippen molar-refractivity contribution < 1.29 is 15.0 Å². The molecule has 0 bridgehead atoms. The lowest BCUT2D eigenvalue weighted by atomic mass is 10.1. The number of hydrogen-bond acceptors (Lipinski definition) is 4. The molecule has 5 nitrogen and oxygen atoms in total. The van der Waals surface area contributed by atoms with Crippen LogP contribution in [0.4, 0.5) is 0 Å². The highest BCUT2D eigenvalue weighted by Crippen LogP contribution is 2.16. The van der Waals surface area contributed by atoms with Crippen LogP contribution in [0.1, 0.15) is 21.5 Å². The molecule has 0 atom stereocenters. The average Bonchev–Trinajstić information content (AvgIpc) is 2.50. The maximum absolute atomic E-state index is 11.8. The number of nitrogens with one attached hydrogen (secondary N) is 1. The van der Waals surface area contributed by atoms with E-state index in [2.05, 4.69) is 10.3 Å². The van der Waals surface area contributed by atoms with Crippen molar-refractivity contribution in [2.45, 2.75) is 6.92 Å². The summed E-state index contributed by atoms with van der Waals surface area (Å²) in [6, 6.07) is 11.6. The first-order valence-corrected chi connectivity index (χ1v) is 6.93. The van der Waals surface area contributed by atoms with Gasteiger partial charge in [0.25, 0.3) is 5.91 Å². The highest BCUT2D eigenvalue weighted by Gasteiger charge is 2.08. The Kier molecular flexibility index (Phi) is 5.14. The van der Waals surface area contributed by atoms with Crippen LogP contribution in [0.2, 0.25) is 0 Å². The Morgan fingerprint density at radius 2 is 1.95 bits per heavy atom. The van der Waals surface area contributed by atoms with Crippen molar-refractivity contribution in [2.75, 3.05) is 13.1 Å². The van der Waals surface area contributed by atoms with Gasteiger partial charge in [0, 0.05) is 18.3 Å². The van der Waals surface area contributed by atoms with E-state index in [0.29, 0.717) is 18.7 Å². The van der Waals surface area contributed by atoms with Crippen LogP contribution in [-0.2, 0) is 0 Å². The summed E-state index contributed by atoms with van der Waals surface area (Å²) < 4.78 is 0. The van der Waals surface area contributed by atoms with Crippen LogP contribution in [0.3, 0.4) is 0 Å². The Balaban J connectivity index is 1.84. The van der Waals surface area contributed by atoms with E-state index in [4.69, 9.17) is 0 Å². The van der Waals surface area contributed by atoms with Crippen LogP contribution in [-0.4, -0.2) is 35.4 Å². The molecule has 0 heterocycles. The lowest BCUT2D eigenvalue weighted by molar-refractivity contribution is 0.0952. The molecule has 114 valence electrons. The van der Waals surface area contributed by atoms with E-state index in [0.717, 1.165) is 5.56 Å². The van der Waals surface area contributed by atoms with E-state index in [1.165, 1.54) is 6.07 Å². The number of phenols is 2. The standard InChI is InChI=1S/C17H18N2O3/c1-12-6-7-15(20)13(10-12)11-18-8-9-19-17(22)14-4-2-3-5-16(14)21/h2-7,10-11,20-21H,8-9H2,1H3,(H,19,22). The van der Waals surface area contributed by atoms with Gasteiger partial charge in [-0.3, -0.25) is 9.79 Å². The normalized spacial score (nSPS) is 10.8. The number of amides is 1. The van der Waals surface area contributed by atoms with Crippen molar-refractivity contribution in [3.05, 3.63) is 59.2 Å². The fourth-order valence-electron chi connectivity index (χ4n) is 1.94. The summed E-state index contributed by atoms with van der Waals surface area (Å²) in [5.74, 6) is -0.215.